The third kappa shape index (κ3) is 6.36. The second kappa shape index (κ2) is 13.9. The maximum absolute atomic E-state index is 13.0. The fraction of sp³-hybridized carbons (Fsp3) is 0.333. The first kappa shape index (κ1) is 31.4. The van der Waals surface area contributed by atoms with Gasteiger partial charge in [-0.2, -0.15) is 0 Å². The van der Waals surface area contributed by atoms with Gasteiger partial charge in [0, 0.05) is 21.9 Å². The van der Waals surface area contributed by atoms with Gasteiger partial charge in [-0.25, -0.2) is 0 Å². The van der Waals surface area contributed by atoms with Gasteiger partial charge in [-0.3, -0.25) is 28.5 Å². The van der Waals surface area contributed by atoms with Crippen LogP contribution in [0, 0.1) is 0 Å². The largest absolute Gasteiger partial charge is 0.493 e. The second-order valence-electron chi connectivity index (χ2n) is 12.5. The van der Waals surface area contributed by atoms with E-state index in [0.29, 0.717) is 24.1 Å². The molecule has 2 aliphatic heterocycles. The zero-order valence-corrected chi connectivity index (χ0v) is 26.7. The lowest BCUT2D eigenvalue weighted by Crippen LogP contribution is -2.31. The first-order valence-corrected chi connectivity index (χ1v) is 16.6. The van der Waals surface area contributed by atoms with Crippen LogP contribution < -0.4 is 0 Å². The molecule has 0 saturated carbocycles. The quantitative estimate of drug-likeness (QED) is 0.165. The maximum Gasteiger partial charge on any atom is 0.295 e. The van der Waals surface area contributed by atoms with Crippen molar-refractivity contribution in [2.45, 2.75) is 51.9 Å². The highest BCUT2D eigenvalue weighted by atomic mass is 16.3. The van der Waals surface area contributed by atoms with E-state index in [1.165, 1.54) is 37.1 Å². The number of carbonyl (C=O) groups is 2. The van der Waals surface area contributed by atoms with Gasteiger partial charge in [-0.05, 0) is 88.3 Å². The molecule has 2 aliphatic rings. The molecule has 12 nitrogen and oxygen atoms in total. The van der Waals surface area contributed by atoms with Gasteiger partial charge in [0.2, 0.25) is 11.8 Å². The van der Waals surface area contributed by atoms with Crippen molar-refractivity contribution in [3.8, 4) is 11.8 Å². The van der Waals surface area contributed by atoms with Gasteiger partial charge in [0.1, 0.15) is 0 Å². The smallest absolute Gasteiger partial charge is 0.295 e. The summed E-state index contributed by atoms with van der Waals surface area (Å²) in [7, 11) is 0. The SMILES string of the molecule is O=C(N=Nc1c(O)n(CN2CCCCC2)c2ccccc12)c1ccc(C(=O)N=Nc2c(O)n(CN3CCCCC3)c3ccccc23)cc1. The molecule has 2 amide bonds. The van der Waals surface area contributed by atoms with E-state index in [1.807, 2.05) is 48.5 Å². The molecule has 5 aromatic rings. The highest BCUT2D eigenvalue weighted by Gasteiger charge is 2.22. The normalized spacial score (nSPS) is 16.5. The summed E-state index contributed by atoms with van der Waals surface area (Å²) in [5.41, 5.74) is 2.56. The van der Waals surface area contributed by atoms with E-state index < -0.39 is 11.8 Å². The van der Waals surface area contributed by atoms with E-state index in [9.17, 15) is 19.8 Å². The summed E-state index contributed by atoms with van der Waals surface area (Å²) in [6, 6.07) is 21.0. The summed E-state index contributed by atoms with van der Waals surface area (Å²) < 4.78 is 3.61. The number of carbonyl (C=O) groups excluding carboxylic acids is 2. The summed E-state index contributed by atoms with van der Waals surface area (Å²) >= 11 is 0. The highest BCUT2D eigenvalue weighted by molar-refractivity contribution is 6.00. The van der Waals surface area contributed by atoms with Gasteiger partial charge < -0.3 is 10.2 Å². The molecule has 2 N–H and O–H groups in total. The number of azo groups is 2. The lowest BCUT2D eigenvalue weighted by molar-refractivity contribution is 0.0983. The molecule has 7 rings (SSSR count). The van der Waals surface area contributed by atoms with Crippen LogP contribution in [0.15, 0.2) is 93.3 Å². The molecule has 2 fully saturated rings. The van der Waals surface area contributed by atoms with E-state index in [2.05, 4.69) is 30.3 Å². The molecule has 0 atom stereocenters. The van der Waals surface area contributed by atoms with E-state index in [0.717, 1.165) is 62.9 Å². The zero-order valence-electron chi connectivity index (χ0n) is 26.7. The van der Waals surface area contributed by atoms with Gasteiger partial charge in [-0.15, -0.1) is 20.5 Å². The summed E-state index contributed by atoms with van der Waals surface area (Å²) in [4.78, 5) is 30.5. The molecule has 48 heavy (non-hydrogen) atoms. The van der Waals surface area contributed by atoms with Crippen molar-refractivity contribution < 1.29 is 19.8 Å². The Labute approximate surface area is 277 Å². The van der Waals surface area contributed by atoms with Gasteiger partial charge in [0.05, 0.1) is 24.4 Å². The van der Waals surface area contributed by atoms with Crippen molar-refractivity contribution in [2.75, 3.05) is 26.2 Å². The average molecular weight is 647 g/mol. The summed E-state index contributed by atoms with van der Waals surface area (Å²) in [6.45, 7) is 4.92. The number of likely N-dealkylation sites (tertiary alicyclic amines) is 2. The molecule has 0 spiro atoms. The fourth-order valence-electron chi connectivity index (χ4n) is 6.69. The molecular formula is C36H38N8O4. The number of benzene rings is 3. The molecular weight excluding hydrogens is 608 g/mol. The number of rotatable bonds is 8. The number of hydrogen-bond acceptors (Lipinski definition) is 8. The lowest BCUT2D eigenvalue weighted by atomic mass is 10.1. The van der Waals surface area contributed by atoms with Crippen molar-refractivity contribution in [2.24, 2.45) is 20.5 Å². The number of hydrogen-bond donors (Lipinski definition) is 2. The van der Waals surface area contributed by atoms with E-state index in [4.69, 9.17) is 0 Å². The van der Waals surface area contributed by atoms with Gasteiger partial charge >= 0.3 is 0 Å². The Balaban J connectivity index is 1.06. The third-order valence-corrected chi connectivity index (χ3v) is 9.28. The number of para-hydroxylation sites is 2. The van der Waals surface area contributed by atoms with Crippen LogP contribution in [0.25, 0.3) is 21.8 Å². The molecule has 2 saturated heterocycles. The minimum atomic E-state index is -0.616. The van der Waals surface area contributed by atoms with E-state index >= 15 is 0 Å². The topological polar surface area (TPSA) is 140 Å². The Morgan fingerprint density at radius 1 is 0.542 bits per heavy atom. The minimum Gasteiger partial charge on any atom is -0.493 e. The van der Waals surface area contributed by atoms with Crippen LogP contribution in [0.1, 0.15) is 59.2 Å². The van der Waals surface area contributed by atoms with E-state index in [1.54, 1.807) is 9.13 Å². The van der Waals surface area contributed by atoms with E-state index in [-0.39, 0.29) is 34.3 Å². The first-order valence-electron chi connectivity index (χ1n) is 16.6. The van der Waals surface area contributed by atoms with Crippen LogP contribution >= 0.6 is 0 Å². The molecule has 12 heteroatoms. The molecule has 246 valence electrons. The fourth-order valence-corrected chi connectivity index (χ4v) is 6.69. The van der Waals surface area contributed by atoms with Crippen molar-refractivity contribution in [1.29, 1.82) is 0 Å². The first-order chi connectivity index (χ1) is 23.5. The Kier molecular flexibility index (Phi) is 9.08. The molecule has 3 aromatic carbocycles. The molecule has 0 unspecified atom stereocenters. The van der Waals surface area contributed by atoms with Crippen molar-refractivity contribution in [1.82, 2.24) is 18.9 Å². The minimum absolute atomic E-state index is 0.0368. The summed E-state index contributed by atoms with van der Waals surface area (Å²) in [5.74, 6) is -1.31. The Morgan fingerprint density at radius 3 is 1.31 bits per heavy atom. The predicted octanol–water partition coefficient (Wildman–Crippen LogP) is 7.74. The van der Waals surface area contributed by atoms with Crippen molar-refractivity contribution in [3.63, 3.8) is 0 Å². The van der Waals surface area contributed by atoms with Crippen LogP contribution in [0.2, 0.25) is 0 Å². The Bertz CT molecular complexity index is 1870. The molecule has 0 radical (unpaired) electrons. The number of fused-ring (bicyclic) bond motifs is 2. The zero-order chi connectivity index (χ0) is 33.0. The van der Waals surface area contributed by atoms with Crippen LogP contribution in [0.5, 0.6) is 11.8 Å². The van der Waals surface area contributed by atoms with Gasteiger partial charge in [0.25, 0.3) is 11.8 Å². The second-order valence-corrected chi connectivity index (χ2v) is 12.5. The molecule has 0 aliphatic carbocycles. The van der Waals surface area contributed by atoms with Crippen LogP contribution in [-0.4, -0.2) is 67.1 Å². The number of nitrogens with zero attached hydrogens (tertiary/aromatic N) is 8. The Morgan fingerprint density at radius 2 is 0.917 bits per heavy atom. The van der Waals surface area contributed by atoms with Crippen LogP contribution in [0.3, 0.4) is 0 Å². The van der Waals surface area contributed by atoms with Crippen molar-refractivity contribution in [3.05, 3.63) is 83.9 Å². The van der Waals surface area contributed by atoms with Crippen molar-refractivity contribution >= 4 is 45.0 Å². The van der Waals surface area contributed by atoms with Gasteiger partial charge in [0.15, 0.2) is 11.4 Å². The highest BCUT2D eigenvalue weighted by Crippen LogP contribution is 2.40. The third-order valence-electron chi connectivity index (χ3n) is 9.28. The lowest BCUT2D eigenvalue weighted by Gasteiger charge is -2.27. The predicted molar refractivity (Wildman–Crippen MR) is 182 cm³/mol. The maximum atomic E-state index is 13.0. The summed E-state index contributed by atoms with van der Waals surface area (Å²) in [6.07, 6.45) is 6.94. The van der Waals surface area contributed by atoms with Crippen LogP contribution in [0.4, 0.5) is 11.4 Å². The monoisotopic (exact) mass is 646 g/mol. The number of aromatic hydroxyl groups is 2. The van der Waals surface area contributed by atoms with Gasteiger partial charge in [-0.1, -0.05) is 49.2 Å². The number of amides is 2. The molecule has 4 heterocycles. The number of aromatic nitrogens is 2. The van der Waals surface area contributed by atoms with Crippen LogP contribution in [-0.2, 0) is 13.3 Å². The molecule has 2 aromatic heterocycles. The number of piperidine rings is 2. The molecule has 0 bridgehead atoms. The summed E-state index contributed by atoms with van der Waals surface area (Å²) in [5, 5.41) is 39.8. The standard InChI is InChI=1S/C36H38N8O4/c45-33(39-37-31-27-11-3-5-13-29(27)43(35(31)47)23-41-19-7-1-8-20-41)25-15-17-26(18-16-25)34(46)40-38-32-28-12-4-6-14-30(28)44(36(32)48)24-42-21-9-2-10-22-42/h3-6,11-18,47-48H,1-2,7-10,19-24H2. The average Bonchev–Trinajstić information content (AvgIpc) is 3.55. The Hall–Kier alpha value is -5.20.